The normalized spacial score (nSPS) is 48.2. The third kappa shape index (κ3) is 1.98. The summed E-state index contributed by atoms with van der Waals surface area (Å²) < 4.78 is 5.73. The Morgan fingerprint density at radius 3 is 2.16 bits per heavy atom. The molecule has 2 heterocycles. The van der Waals surface area contributed by atoms with Crippen LogP contribution in [0.3, 0.4) is 0 Å². The van der Waals surface area contributed by atoms with E-state index in [1.807, 2.05) is 0 Å². The van der Waals surface area contributed by atoms with Gasteiger partial charge < -0.3 is 4.74 Å². The van der Waals surface area contributed by atoms with Crippen LogP contribution in [0.1, 0.15) is 38.5 Å². The molecule has 6 nitrogen and oxygen atoms in total. The molecule has 0 bridgehead atoms. The Kier molecular flexibility index (Phi) is 2.64. The van der Waals surface area contributed by atoms with Crippen molar-refractivity contribution in [3.05, 3.63) is 0 Å². The van der Waals surface area contributed by atoms with Crippen LogP contribution in [0.15, 0.2) is 0 Å². The second-order valence-corrected chi connectivity index (χ2v) is 6.76. The summed E-state index contributed by atoms with van der Waals surface area (Å²) in [5.74, 6) is 0.124. The van der Waals surface area contributed by atoms with E-state index in [1.165, 1.54) is 0 Å². The van der Waals surface area contributed by atoms with E-state index in [0.717, 1.165) is 51.6 Å². The van der Waals surface area contributed by atoms with E-state index in [2.05, 4.69) is 21.7 Å². The molecular formula is C13H22N4O2. The van der Waals surface area contributed by atoms with Gasteiger partial charge in [-0.2, -0.15) is 0 Å². The van der Waals surface area contributed by atoms with Gasteiger partial charge in [0, 0.05) is 30.6 Å². The van der Waals surface area contributed by atoms with Gasteiger partial charge in [-0.15, -0.1) is 0 Å². The monoisotopic (exact) mass is 266 g/mol. The van der Waals surface area contributed by atoms with Gasteiger partial charge in [-0.3, -0.25) is 26.5 Å². The molecule has 2 spiro atoms. The van der Waals surface area contributed by atoms with Crippen LogP contribution < -0.4 is 21.7 Å². The molecule has 2 aliphatic heterocycles. The molecule has 19 heavy (non-hydrogen) atoms. The summed E-state index contributed by atoms with van der Waals surface area (Å²) in [4.78, 5) is 12.2. The lowest BCUT2D eigenvalue weighted by atomic mass is 9.94. The van der Waals surface area contributed by atoms with Gasteiger partial charge in [0.15, 0.2) is 0 Å². The van der Waals surface area contributed by atoms with Crippen molar-refractivity contribution in [3.8, 4) is 0 Å². The molecule has 4 unspecified atom stereocenters. The van der Waals surface area contributed by atoms with Crippen LogP contribution >= 0.6 is 0 Å². The van der Waals surface area contributed by atoms with Gasteiger partial charge in [0.05, 0.1) is 5.92 Å². The maximum absolute atomic E-state index is 12.2. The predicted octanol–water partition coefficient (Wildman–Crippen LogP) is -0.425. The maximum Gasteiger partial charge on any atom is 0.309 e. The van der Waals surface area contributed by atoms with Crippen LogP contribution in [0, 0.1) is 5.92 Å². The minimum atomic E-state index is 0.0277. The number of hydrazine groups is 2. The molecule has 4 rings (SSSR count). The number of carbonyl (C=O) groups excluding carboxylic acids is 1. The van der Waals surface area contributed by atoms with Gasteiger partial charge in [-0.05, 0) is 32.1 Å². The van der Waals surface area contributed by atoms with E-state index in [4.69, 9.17) is 4.74 Å². The molecule has 4 atom stereocenters. The van der Waals surface area contributed by atoms with Crippen molar-refractivity contribution >= 4 is 5.97 Å². The first-order chi connectivity index (χ1) is 9.19. The van der Waals surface area contributed by atoms with Crippen molar-refractivity contribution in [3.63, 3.8) is 0 Å². The van der Waals surface area contributed by atoms with Gasteiger partial charge in [-0.1, -0.05) is 0 Å². The van der Waals surface area contributed by atoms with Crippen LogP contribution in [0.25, 0.3) is 0 Å². The van der Waals surface area contributed by atoms with Crippen molar-refractivity contribution in [2.45, 2.75) is 55.7 Å². The average molecular weight is 266 g/mol. The molecule has 0 radical (unpaired) electrons. The molecule has 2 saturated carbocycles. The summed E-state index contributed by atoms with van der Waals surface area (Å²) in [7, 11) is 0. The summed E-state index contributed by atoms with van der Waals surface area (Å²) >= 11 is 0. The number of carbonyl (C=O) groups is 1. The van der Waals surface area contributed by atoms with Crippen molar-refractivity contribution < 1.29 is 9.53 Å². The highest BCUT2D eigenvalue weighted by Crippen LogP contribution is 2.39. The van der Waals surface area contributed by atoms with Crippen molar-refractivity contribution in [1.29, 1.82) is 0 Å². The first-order valence-electron chi connectivity index (χ1n) is 7.39. The SMILES string of the molecule is O=C(OC1CCC2(CNN2)C1)C1CCC2(CNN2)C1. The molecule has 4 aliphatic rings. The molecule has 4 fully saturated rings. The topological polar surface area (TPSA) is 74.4 Å². The Balaban J connectivity index is 1.30. The lowest BCUT2D eigenvalue weighted by Crippen LogP contribution is -2.68. The molecule has 0 amide bonds. The van der Waals surface area contributed by atoms with Crippen molar-refractivity contribution in [2.24, 2.45) is 5.92 Å². The maximum atomic E-state index is 12.2. The number of rotatable bonds is 2. The largest absolute Gasteiger partial charge is 0.462 e. The van der Waals surface area contributed by atoms with Crippen molar-refractivity contribution in [2.75, 3.05) is 13.1 Å². The van der Waals surface area contributed by atoms with E-state index < -0.39 is 0 Å². The zero-order chi connectivity index (χ0) is 12.9. The summed E-state index contributed by atoms with van der Waals surface area (Å²) in [6.07, 6.45) is 6.16. The second kappa shape index (κ2) is 4.15. The van der Waals surface area contributed by atoms with E-state index >= 15 is 0 Å². The first-order valence-corrected chi connectivity index (χ1v) is 7.39. The smallest absolute Gasteiger partial charge is 0.309 e. The van der Waals surface area contributed by atoms with Crippen LogP contribution in [0.2, 0.25) is 0 Å². The summed E-state index contributed by atoms with van der Waals surface area (Å²) in [6.45, 7) is 1.99. The van der Waals surface area contributed by atoms with E-state index in [-0.39, 0.29) is 29.1 Å². The van der Waals surface area contributed by atoms with Gasteiger partial charge in [0.1, 0.15) is 6.10 Å². The minimum absolute atomic E-state index is 0.0277. The van der Waals surface area contributed by atoms with Crippen LogP contribution in [-0.4, -0.2) is 36.2 Å². The third-order valence-corrected chi connectivity index (χ3v) is 5.35. The highest BCUT2D eigenvalue weighted by molar-refractivity contribution is 5.73. The molecule has 2 aliphatic carbocycles. The van der Waals surface area contributed by atoms with Gasteiger partial charge in [-0.25, -0.2) is 0 Å². The Morgan fingerprint density at radius 1 is 1.00 bits per heavy atom. The van der Waals surface area contributed by atoms with E-state index in [1.54, 1.807) is 0 Å². The fourth-order valence-electron chi connectivity index (χ4n) is 3.99. The number of esters is 1. The fraction of sp³-hybridized carbons (Fsp3) is 0.923. The molecule has 2 saturated heterocycles. The zero-order valence-electron chi connectivity index (χ0n) is 11.1. The summed E-state index contributed by atoms with van der Waals surface area (Å²) in [5, 5.41) is 0. The molecule has 0 aromatic carbocycles. The predicted molar refractivity (Wildman–Crippen MR) is 68.8 cm³/mol. The molecule has 4 N–H and O–H groups in total. The Morgan fingerprint density at radius 2 is 1.63 bits per heavy atom. The Hall–Kier alpha value is -0.690. The molecule has 0 aromatic heterocycles. The minimum Gasteiger partial charge on any atom is -0.462 e. The lowest BCUT2D eigenvalue weighted by molar-refractivity contribution is -0.154. The molecular weight excluding hydrogens is 244 g/mol. The van der Waals surface area contributed by atoms with Gasteiger partial charge >= 0.3 is 5.97 Å². The number of ether oxygens (including phenoxy) is 1. The quantitative estimate of drug-likeness (QED) is 0.509. The van der Waals surface area contributed by atoms with Gasteiger partial charge in [0.2, 0.25) is 0 Å². The fourth-order valence-corrected chi connectivity index (χ4v) is 3.99. The highest BCUT2D eigenvalue weighted by Gasteiger charge is 2.48. The van der Waals surface area contributed by atoms with Crippen LogP contribution in [0.5, 0.6) is 0 Å². The third-order valence-electron chi connectivity index (χ3n) is 5.35. The molecule has 106 valence electrons. The Bertz CT molecular complexity index is 392. The lowest BCUT2D eigenvalue weighted by Gasteiger charge is -2.41. The average Bonchev–Trinajstić information content (AvgIpc) is 2.90. The van der Waals surface area contributed by atoms with Crippen LogP contribution in [0.4, 0.5) is 0 Å². The molecule has 0 aromatic rings. The summed E-state index contributed by atoms with van der Waals surface area (Å²) in [6, 6.07) is 0. The summed E-state index contributed by atoms with van der Waals surface area (Å²) in [5.41, 5.74) is 13.1. The number of nitrogens with one attached hydrogen (secondary N) is 4. The van der Waals surface area contributed by atoms with Crippen molar-refractivity contribution in [1.82, 2.24) is 21.7 Å². The van der Waals surface area contributed by atoms with Gasteiger partial charge in [0.25, 0.3) is 0 Å². The highest BCUT2D eigenvalue weighted by atomic mass is 16.5. The first kappa shape index (κ1) is 12.1. The number of hydrogen-bond acceptors (Lipinski definition) is 6. The number of hydrogen-bond donors (Lipinski definition) is 4. The Labute approximate surface area is 113 Å². The van der Waals surface area contributed by atoms with Crippen LogP contribution in [-0.2, 0) is 9.53 Å². The van der Waals surface area contributed by atoms with E-state index in [9.17, 15) is 4.79 Å². The zero-order valence-corrected chi connectivity index (χ0v) is 11.1. The standard InChI is InChI=1S/C13H22N4O2/c18-11(9-1-3-12(5-9)7-14-16-12)19-10-2-4-13(6-10)8-15-17-13/h9-10,14-17H,1-8H2. The molecule has 6 heteroatoms. The second-order valence-electron chi connectivity index (χ2n) is 6.76. The van der Waals surface area contributed by atoms with E-state index in [0.29, 0.717) is 0 Å².